The van der Waals surface area contributed by atoms with Crippen molar-refractivity contribution in [2.75, 3.05) is 27.2 Å². The van der Waals surface area contributed by atoms with Crippen LogP contribution in [0, 0.1) is 11.3 Å². The molecule has 140 valence electrons. The second-order valence-electron chi connectivity index (χ2n) is 5.31. The second kappa shape index (κ2) is 11.0. The Morgan fingerprint density at radius 3 is 2.42 bits per heavy atom. The van der Waals surface area contributed by atoms with E-state index in [4.69, 9.17) is 10.00 Å². The minimum Gasteiger partial charge on any atom is -0.464 e. The van der Waals surface area contributed by atoms with Gasteiger partial charge in [-0.15, -0.1) is 4.99 Å². The number of carbonyl (C=O) groups excluding carboxylic acids is 2. The number of nitriles is 1. The molecule has 1 aromatic carbocycles. The van der Waals surface area contributed by atoms with E-state index in [2.05, 4.69) is 9.71 Å². The highest BCUT2D eigenvalue weighted by atomic mass is 32.2. The zero-order valence-corrected chi connectivity index (χ0v) is 16.2. The Bertz CT molecular complexity index is 683. The first-order chi connectivity index (χ1) is 12.4. The van der Waals surface area contributed by atoms with Crippen molar-refractivity contribution in [3.05, 3.63) is 29.8 Å². The molecule has 0 atom stereocenters. The van der Waals surface area contributed by atoms with Crippen molar-refractivity contribution in [3.63, 3.8) is 0 Å². The van der Waals surface area contributed by atoms with E-state index < -0.39 is 12.1 Å². The summed E-state index contributed by atoms with van der Waals surface area (Å²) in [6.07, 6.45) is 0.717. The first-order valence-electron chi connectivity index (χ1n) is 8.10. The van der Waals surface area contributed by atoms with Crippen LogP contribution in [-0.4, -0.2) is 55.1 Å². The lowest BCUT2D eigenvalue weighted by molar-refractivity contribution is 0.202. The lowest BCUT2D eigenvalue weighted by atomic mass is 10.2. The van der Waals surface area contributed by atoms with Gasteiger partial charge in [0.05, 0.1) is 18.2 Å². The third kappa shape index (κ3) is 6.64. The highest BCUT2D eigenvalue weighted by molar-refractivity contribution is 7.98. The number of nitrogens with zero attached hydrogens (tertiary/aromatic N) is 4. The number of benzene rings is 1. The molecule has 0 aromatic heterocycles. The molecule has 0 spiro atoms. The number of urea groups is 2. The molecule has 1 N–H and O–H groups in total. The highest BCUT2D eigenvalue weighted by Gasteiger charge is 2.21. The van der Waals surface area contributed by atoms with E-state index in [1.165, 1.54) is 9.80 Å². The van der Waals surface area contributed by atoms with E-state index in [1.54, 1.807) is 45.3 Å². The number of ether oxygens (including phenoxy) is 1. The maximum Gasteiger partial charge on any atom is 0.347 e. The van der Waals surface area contributed by atoms with Gasteiger partial charge in [0, 0.05) is 25.5 Å². The average molecular weight is 377 g/mol. The van der Waals surface area contributed by atoms with Crippen molar-refractivity contribution in [3.8, 4) is 6.07 Å². The zero-order chi connectivity index (χ0) is 19.5. The van der Waals surface area contributed by atoms with E-state index in [9.17, 15) is 9.59 Å². The molecule has 0 radical (unpaired) electrons. The van der Waals surface area contributed by atoms with Crippen molar-refractivity contribution >= 4 is 30.0 Å². The molecule has 0 aliphatic rings. The first kappa shape index (κ1) is 21.3. The molecular weight excluding hydrogens is 354 g/mol. The lowest BCUT2D eigenvalue weighted by Gasteiger charge is -2.22. The number of rotatable bonds is 5. The molecule has 0 aliphatic heterocycles. The van der Waals surface area contributed by atoms with Gasteiger partial charge in [0.2, 0.25) is 0 Å². The summed E-state index contributed by atoms with van der Waals surface area (Å²) >= 11 is 1.10. The largest absolute Gasteiger partial charge is 0.464 e. The SMILES string of the molecule is CCCOC(=NC(=O)N(C)C)N(CC)C(=O)NSc1ccc(C#N)cc1. The van der Waals surface area contributed by atoms with Crippen molar-refractivity contribution in [1.29, 1.82) is 5.26 Å². The summed E-state index contributed by atoms with van der Waals surface area (Å²) in [7, 11) is 3.14. The van der Waals surface area contributed by atoms with Gasteiger partial charge in [-0.1, -0.05) is 6.92 Å². The minimum atomic E-state index is -0.512. The summed E-state index contributed by atoms with van der Waals surface area (Å²) in [6, 6.07) is 7.83. The quantitative estimate of drug-likeness (QED) is 0.483. The van der Waals surface area contributed by atoms with Crippen LogP contribution in [0.3, 0.4) is 0 Å². The first-order valence-corrected chi connectivity index (χ1v) is 8.91. The molecule has 1 aromatic rings. The van der Waals surface area contributed by atoms with Crippen molar-refractivity contribution < 1.29 is 14.3 Å². The molecule has 0 aliphatic carbocycles. The molecule has 0 bridgehead atoms. The van der Waals surface area contributed by atoms with Crippen molar-refractivity contribution in [2.24, 2.45) is 4.99 Å². The van der Waals surface area contributed by atoms with Crippen molar-refractivity contribution in [1.82, 2.24) is 14.5 Å². The fraction of sp³-hybridized carbons (Fsp3) is 0.412. The van der Waals surface area contributed by atoms with Gasteiger partial charge in [-0.05, 0) is 49.6 Å². The summed E-state index contributed by atoms with van der Waals surface area (Å²) in [4.78, 5) is 31.6. The Morgan fingerprint density at radius 1 is 1.27 bits per heavy atom. The van der Waals surface area contributed by atoms with Gasteiger partial charge < -0.3 is 9.64 Å². The molecular formula is C17H23N5O3S. The normalized spacial score (nSPS) is 10.7. The summed E-state index contributed by atoms with van der Waals surface area (Å²) in [5, 5.41) is 8.80. The summed E-state index contributed by atoms with van der Waals surface area (Å²) in [5.41, 5.74) is 0.542. The number of amides is 4. The Labute approximate surface area is 157 Å². The maximum atomic E-state index is 12.5. The molecule has 1 rings (SSSR count). The number of carbonyl (C=O) groups is 2. The Kier molecular flexibility index (Phi) is 9.01. The van der Waals surface area contributed by atoms with E-state index in [-0.39, 0.29) is 12.6 Å². The second-order valence-corrected chi connectivity index (χ2v) is 6.19. The van der Waals surface area contributed by atoms with Gasteiger partial charge in [0.1, 0.15) is 0 Å². The molecule has 8 nitrogen and oxygen atoms in total. The Morgan fingerprint density at radius 2 is 1.92 bits per heavy atom. The number of amidine groups is 1. The van der Waals surface area contributed by atoms with Crippen LogP contribution in [0.2, 0.25) is 0 Å². The Hall–Kier alpha value is -2.73. The summed E-state index contributed by atoms with van der Waals surface area (Å²) in [6.45, 7) is 4.30. The van der Waals surface area contributed by atoms with E-state index in [0.29, 0.717) is 18.6 Å². The predicted octanol–water partition coefficient (Wildman–Crippen LogP) is 3.06. The predicted molar refractivity (Wildman–Crippen MR) is 101 cm³/mol. The van der Waals surface area contributed by atoms with E-state index in [1.807, 2.05) is 13.0 Å². The maximum absolute atomic E-state index is 12.5. The van der Waals surface area contributed by atoms with Crippen LogP contribution >= 0.6 is 11.9 Å². The van der Waals surface area contributed by atoms with E-state index >= 15 is 0 Å². The van der Waals surface area contributed by atoms with Crippen LogP contribution in [0.25, 0.3) is 0 Å². The fourth-order valence-corrected chi connectivity index (χ4v) is 2.25. The van der Waals surface area contributed by atoms with Gasteiger partial charge in [0.15, 0.2) is 0 Å². The monoisotopic (exact) mass is 377 g/mol. The Balaban J connectivity index is 2.84. The number of hydrogen-bond donors (Lipinski definition) is 1. The van der Waals surface area contributed by atoms with Crippen LogP contribution in [0.1, 0.15) is 25.8 Å². The highest BCUT2D eigenvalue weighted by Crippen LogP contribution is 2.15. The van der Waals surface area contributed by atoms with Crippen LogP contribution in [0.4, 0.5) is 9.59 Å². The average Bonchev–Trinajstić information content (AvgIpc) is 2.64. The van der Waals surface area contributed by atoms with Gasteiger partial charge in [-0.3, -0.25) is 4.72 Å². The summed E-state index contributed by atoms with van der Waals surface area (Å²) in [5.74, 6) is 0. The van der Waals surface area contributed by atoms with Gasteiger partial charge >= 0.3 is 18.1 Å². The van der Waals surface area contributed by atoms with Crippen LogP contribution in [-0.2, 0) is 4.74 Å². The van der Waals surface area contributed by atoms with Crippen LogP contribution < -0.4 is 4.72 Å². The smallest absolute Gasteiger partial charge is 0.347 e. The number of aliphatic imine (C=N–C) groups is 1. The van der Waals surface area contributed by atoms with Gasteiger partial charge in [0.25, 0.3) is 0 Å². The van der Waals surface area contributed by atoms with E-state index in [0.717, 1.165) is 16.8 Å². The standard InChI is InChI=1S/C17H23N5O3S/c1-5-11-25-17(19-15(23)21(3)4)22(6-2)16(24)20-26-14-9-7-13(12-18)8-10-14/h7-10H,5-6,11H2,1-4H3,(H,20,24). The molecule has 26 heavy (non-hydrogen) atoms. The zero-order valence-electron chi connectivity index (χ0n) is 15.4. The molecule has 0 unspecified atom stereocenters. The molecule has 0 saturated heterocycles. The molecule has 0 heterocycles. The lowest BCUT2D eigenvalue weighted by Crippen LogP contribution is -2.43. The molecule has 0 saturated carbocycles. The number of nitrogens with one attached hydrogen (secondary N) is 1. The molecule has 9 heteroatoms. The van der Waals surface area contributed by atoms with Crippen LogP contribution in [0.15, 0.2) is 34.2 Å². The number of hydrogen-bond acceptors (Lipinski definition) is 5. The third-order valence-corrected chi connectivity index (χ3v) is 3.83. The summed E-state index contributed by atoms with van der Waals surface area (Å²) < 4.78 is 8.17. The van der Waals surface area contributed by atoms with Crippen LogP contribution in [0.5, 0.6) is 0 Å². The third-order valence-electron chi connectivity index (χ3n) is 3.04. The molecule has 0 fully saturated rings. The minimum absolute atomic E-state index is 0.0361. The topological polar surface area (TPSA) is 98.0 Å². The fourth-order valence-electron chi connectivity index (χ4n) is 1.67. The van der Waals surface area contributed by atoms with Gasteiger partial charge in [-0.2, -0.15) is 5.26 Å². The molecule has 4 amide bonds. The van der Waals surface area contributed by atoms with Crippen molar-refractivity contribution in [2.45, 2.75) is 25.2 Å². The van der Waals surface area contributed by atoms with Gasteiger partial charge in [-0.25, -0.2) is 14.5 Å².